The first-order valence-electron chi connectivity index (χ1n) is 8.43. The largest absolute Gasteiger partial charge is 0.478 e. The number of nitrogens with zero attached hydrogens (tertiary/aromatic N) is 1. The summed E-state index contributed by atoms with van der Waals surface area (Å²) in [6.45, 7) is 0.651. The molecule has 2 N–H and O–H groups in total. The van der Waals surface area contributed by atoms with E-state index in [4.69, 9.17) is 5.11 Å². The van der Waals surface area contributed by atoms with E-state index in [0.717, 1.165) is 24.0 Å². The average molecular weight is 338 g/mol. The summed E-state index contributed by atoms with van der Waals surface area (Å²) in [5.41, 5.74) is 3.63. The van der Waals surface area contributed by atoms with Crippen LogP contribution in [0.15, 0.2) is 48.5 Å². The number of aromatic carboxylic acids is 1. The van der Waals surface area contributed by atoms with E-state index in [1.165, 1.54) is 5.56 Å². The molecule has 130 valence electrons. The lowest BCUT2D eigenvalue weighted by atomic mass is 10.1. The molecule has 2 aromatic carbocycles. The number of hydrogen-bond donors (Lipinski definition) is 2. The zero-order valence-corrected chi connectivity index (χ0v) is 14.2. The number of likely N-dealkylation sites (N-methyl/N-ethyl adjacent to an activating group) is 1. The van der Waals surface area contributed by atoms with Crippen molar-refractivity contribution in [2.75, 3.05) is 13.6 Å². The minimum Gasteiger partial charge on any atom is -0.478 e. The summed E-state index contributed by atoms with van der Waals surface area (Å²) in [6, 6.07) is 15.2. The summed E-state index contributed by atoms with van der Waals surface area (Å²) >= 11 is 0. The van der Waals surface area contributed by atoms with Gasteiger partial charge in [0.05, 0.1) is 5.56 Å². The maximum Gasteiger partial charge on any atom is 0.335 e. The third-order valence-electron chi connectivity index (χ3n) is 4.64. The first-order valence-corrected chi connectivity index (χ1v) is 8.43. The summed E-state index contributed by atoms with van der Waals surface area (Å²) in [7, 11) is 1.79. The van der Waals surface area contributed by atoms with E-state index in [9.17, 15) is 9.59 Å². The van der Waals surface area contributed by atoms with Gasteiger partial charge in [0.25, 0.3) is 0 Å². The lowest BCUT2D eigenvalue weighted by Gasteiger charge is -2.21. The molecule has 1 atom stereocenters. The van der Waals surface area contributed by atoms with E-state index in [1.807, 2.05) is 24.3 Å². The number of carbonyl (C=O) groups is 2. The molecule has 5 nitrogen and oxygen atoms in total. The third kappa shape index (κ3) is 4.18. The van der Waals surface area contributed by atoms with Crippen LogP contribution in [0.5, 0.6) is 0 Å². The second-order valence-electron chi connectivity index (χ2n) is 6.50. The number of amides is 2. The van der Waals surface area contributed by atoms with Crippen LogP contribution >= 0.6 is 0 Å². The lowest BCUT2D eigenvalue weighted by Crippen LogP contribution is -2.44. The zero-order valence-electron chi connectivity index (χ0n) is 14.2. The Kier molecular flexibility index (Phi) is 5.03. The van der Waals surface area contributed by atoms with E-state index in [2.05, 4.69) is 17.4 Å². The lowest BCUT2D eigenvalue weighted by molar-refractivity contribution is 0.0696. The van der Waals surface area contributed by atoms with Crippen molar-refractivity contribution in [2.24, 2.45) is 0 Å². The van der Waals surface area contributed by atoms with Gasteiger partial charge in [-0.25, -0.2) is 9.59 Å². The highest BCUT2D eigenvalue weighted by atomic mass is 16.4. The van der Waals surface area contributed by atoms with Crippen molar-refractivity contribution in [1.29, 1.82) is 0 Å². The monoisotopic (exact) mass is 338 g/mol. The molecule has 0 bridgehead atoms. The van der Waals surface area contributed by atoms with Crippen LogP contribution < -0.4 is 5.32 Å². The molecule has 0 aromatic heterocycles. The maximum atomic E-state index is 12.4. The Hall–Kier alpha value is -2.82. The van der Waals surface area contributed by atoms with Gasteiger partial charge in [-0.2, -0.15) is 0 Å². The van der Waals surface area contributed by atoms with Gasteiger partial charge in [-0.1, -0.05) is 36.4 Å². The third-order valence-corrected chi connectivity index (χ3v) is 4.64. The Balaban J connectivity index is 1.52. The number of carbonyl (C=O) groups excluding carboxylic acids is 1. The smallest absolute Gasteiger partial charge is 0.335 e. The quantitative estimate of drug-likeness (QED) is 0.881. The highest BCUT2D eigenvalue weighted by Crippen LogP contribution is 2.23. The van der Waals surface area contributed by atoms with Gasteiger partial charge in [0, 0.05) is 19.6 Å². The fourth-order valence-electron chi connectivity index (χ4n) is 3.18. The van der Waals surface area contributed by atoms with E-state index in [0.29, 0.717) is 18.5 Å². The van der Waals surface area contributed by atoms with Gasteiger partial charge in [0.2, 0.25) is 0 Å². The Bertz CT molecular complexity index is 774. The van der Waals surface area contributed by atoms with Gasteiger partial charge in [-0.05, 0) is 48.1 Å². The van der Waals surface area contributed by atoms with Crippen molar-refractivity contribution < 1.29 is 14.7 Å². The average Bonchev–Trinajstić information content (AvgIpc) is 3.01. The first kappa shape index (κ1) is 17.0. The van der Waals surface area contributed by atoms with Crippen LogP contribution in [0.3, 0.4) is 0 Å². The number of carboxylic acid groups (broad SMARTS) is 1. The molecular formula is C20H22N2O3. The first-order chi connectivity index (χ1) is 12.0. The van der Waals surface area contributed by atoms with Crippen LogP contribution in [-0.2, 0) is 19.3 Å². The van der Waals surface area contributed by atoms with Crippen molar-refractivity contribution in [3.63, 3.8) is 0 Å². The molecule has 2 aromatic rings. The zero-order chi connectivity index (χ0) is 17.8. The van der Waals surface area contributed by atoms with Crippen LogP contribution in [-0.4, -0.2) is 41.6 Å². The Morgan fingerprint density at radius 1 is 1.12 bits per heavy atom. The van der Waals surface area contributed by atoms with Crippen molar-refractivity contribution >= 4 is 12.0 Å². The fourth-order valence-corrected chi connectivity index (χ4v) is 3.18. The van der Waals surface area contributed by atoms with Crippen molar-refractivity contribution in [2.45, 2.75) is 25.3 Å². The van der Waals surface area contributed by atoms with Crippen molar-refractivity contribution in [1.82, 2.24) is 10.2 Å². The highest BCUT2D eigenvalue weighted by Gasteiger charge is 2.24. The fraction of sp³-hybridized carbons (Fsp3) is 0.300. The molecule has 25 heavy (non-hydrogen) atoms. The van der Waals surface area contributed by atoms with Crippen LogP contribution in [0.4, 0.5) is 4.79 Å². The van der Waals surface area contributed by atoms with Crippen LogP contribution in [0.1, 0.15) is 27.0 Å². The minimum absolute atomic E-state index is 0.0192. The molecule has 0 heterocycles. The summed E-state index contributed by atoms with van der Waals surface area (Å²) in [5, 5.41) is 12.1. The molecule has 0 spiro atoms. The Morgan fingerprint density at radius 3 is 2.56 bits per heavy atom. The van der Waals surface area contributed by atoms with E-state index in [-0.39, 0.29) is 12.1 Å². The molecule has 3 rings (SSSR count). The summed E-state index contributed by atoms with van der Waals surface area (Å²) < 4.78 is 0. The van der Waals surface area contributed by atoms with Gasteiger partial charge >= 0.3 is 12.0 Å². The van der Waals surface area contributed by atoms with Gasteiger partial charge < -0.3 is 15.3 Å². The maximum absolute atomic E-state index is 12.4. The van der Waals surface area contributed by atoms with E-state index < -0.39 is 5.97 Å². The second-order valence-corrected chi connectivity index (χ2v) is 6.50. The second kappa shape index (κ2) is 7.38. The van der Waals surface area contributed by atoms with Crippen molar-refractivity contribution in [3.05, 3.63) is 70.8 Å². The summed E-state index contributed by atoms with van der Waals surface area (Å²) in [4.78, 5) is 25.1. The molecular weight excluding hydrogens is 316 g/mol. The SMILES string of the molecule is CN(CCc1ccccc1)C(=O)NC1Cc2ccc(C(=O)O)cc2C1. The molecule has 0 saturated heterocycles. The molecule has 0 radical (unpaired) electrons. The van der Waals surface area contributed by atoms with E-state index in [1.54, 1.807) is 24.1 Å². The summed E-state index contributed by atoms with van der Waals surface area (Å²) in [6.07, 6.45) is 2.24. The van der Waals surface area contributed by atoms with Gasteiger partial charge in [-0.3, -0.25) is 0 Å². The van der Waals surface area contributed by atoms with Crippen LogP contribution in [0.2, 0.25) is 0 Å². The predicted octanol–water partition coefficient (Wildman–Crippen LogP) is 2.74. The molecule has 5 heteroatoms. The van der Waals surface area contributed by atoms with Gasteiger partial charge in [0.1, 0.15) is 0 Å². The minimum atomic E-state index is -0.920. The molecule has 0 aliphatic heterocycles. The van der Waals surface area contributed by atoms with Gasteiger partial charge in [-0.15, -0.1) is 0 Å². The molecule has 1 unspecified atom stereocenters. The number of fused-ring (bicyclic) bond motifs is 1. The number of hydrogen-bond acceptors (Lipinski definition) is 2. The summed E-state index contributed by atoms with van der Waals surface area (Å²) in [5.74, 6) is -0.920. The van der Waals surface area contributed by atoms with Crippen LogP contribution in [0.25, 0.3) is 0 Å². The number of urea groups is 1. The molecule has 0 saturated carbocycles. The van der Waals surface area contributed by atoms with Crippen molar-refractivity contribution in [3.8, 4) is 0 Å². The van der Waals surface area contributed by atoms with E-state index >= 15 is 0 Å². The van der Waals surface area contributed by atoms with Gasteiger partial charge in [0.15, 0.2) is 0 Å². The molecule has 2 amide bonds. The number of benzene rings is 2. The number of rotatable bonds is 5. The Morgan fingerprint density at radius 2 is 1.84 bits per heavy atom. The number of carboxylic acids is 1. The highest BCUT2D eigenvalue weighted by molar-refractivity contribution is 5.88. The van der Waals surface area contributed by atoms with Crippen LogP contribution in [0, 0.1) is 0 Å². The topological polar surface area (TPSA) is 69.6 Å². The molecule has 1 aliphatic carbocycles. The predicted molar refractivity (Wildman–Crippen MR) is 95.9 cm³/mol. The number of nitrogens with one attached hydrogen (secondary N) is 1. The molecule has 0 fully saturated rings. The normalized spacial score (nSPS) is 15.5. The Labute approximate surface area is 147 Å². The standard InChI is InChI=1S/C20H22N2O3/c1-22(10-9-14-5-3-2-4-6-14)20(25)21-18-12-15-7-8-16(19(23)24)11-17(15)13-18/h2-8,11,18H,9-10,12-13H2,1H3,(H,21,25)(H,23,24). The molecule has 1 aliphatic rings.